The highest BCUT2D eigenvalue weighted by molar-refractivity contribution is 5.73. The number of benzene rings is 1. The third kappa shape index (κ3) is 5.03. The van der Waals surface area contributed by atoms with Crippen molar-refractivity contribution >= 4 is 5.97 Å². The Morgan fingerprint density at radius 2 is 1.84 bits per heavy atom. The highest BCUT2D eigenvalue weighted by atomic mass is 16.6. The van der Waals surface area contributed by atoms with Gasteiger partial charge in [0.25, 0.3) is 0 Å². The molecule has 3 nitrogen and oxygen atoms in total. The Morgan fingerprint density at radius 1 is 1.26 bits per heavy atom. The minimum atomic E-state index is -0.480. The van der Waals surface area contributed by atoms with Crippen molar-refractivity contribution in [2.45, 2.75) is 45.6 Å². The van der Waals surface area contributed by atoms with Crippen LogP contribution >= 0.6 is 0 Å². The average Bonchev–Trinajstić information content (AvgIpc) is 2.34. The quantitative estimate of drug-likeness (QED) is 0.831. The summed E-state index contributed by atoms with van der Waals surface area (Å²) in [7, 11) is 0. The van der Waals surface area contributed by atoms with Crippen LogP contribution in [0.3, 0.4) is 0 Å². The zero-order valence-corrected chi connectivity index (χ0v) is 12.2. The van der Waals surface area contributed by atoms with Gasteiger partial charge in [-0.25, -0.2) is 0 Å². The second-order valence-electron chi connectivity index (χ2n) is 5.85. The molecule has 0 spiro atoms. The van der Waals surface area contributed by atoms with Crippen molar-refractivity contribution in [3.05, 3.63) is 35.9 Å². The molecule has 2 atom stereocenters. The lowest BCUT2D eigenvalue weighted by Gasteiger charge is -2.27. The van der Waals surface area contributed by atoms with Crippen molar-refractivity contribution in [3.8, 4) is 0 Å². The smallest absolute Gasteiger partial charge is 0.309 e. The van der Waals surface area contributed by atoms with Crippen LogP contribution in [0.1, 0.15) is 45.6 Å². The molecule has 0 aliphatic carbocycles. The van der Waals surface area contributed by atoms with Crippen molar-refractivity contribution in [1.82, 2.24) is 0 Å². The summed E-state index contributed by atoms with van der Waals surface area (Å²) in [6.45, 7) is 7.51. The molecule has 0 bridgehead atoms. The topological polar surface area (TPSA) is 46.5 Å². The number of ether oxygens (including phenoxy) is 1. The molecule has 1 aromatic rings. The Morgan fingerprint density at radius 3 is 2.32 bits per heavy atom. The summed E-state index contributed by atoms with van der Waals surface area (Å²) in [4.78, 5) is 12.1. The third-order valence-corrected chi connectivity index (χ3v) is 3.05. The predicted octanol–water partition coefficient (Wildman–Crippen LogP) is 3.13. The van der Waals surface area contributed by atoms with Gasteiger partial charge in [-0.2, -0.15) is 0 Å². The van der Waals surface area contributed by atoms with Gasteiger partial charge in [-0.05, 0) is 38.7 Å². The van der Waals surface area contributed by atoms with Gasteiger partial charge in [0.2, 0.25) is 0 Å². The first-order chi connectivity index (χ1) is 8.85. The van der Waals surface area contributed by atoms with Gasteiger partial charge in [0.1, 0.15) is 5.60 Å². The van der Waals surface area contributed by atoms with E-state index in [1.807, 2.05) is 58.0 Å². The molecule has 0 fully saturated rings. The summed E-state index contributed by atoms with van der Waals surface area (Å²) in [6, 6.07) is 9.81. The van der Waals surface area contributed by atoms with Crippen LogP contribution in [0.2, 0.25) is 0 Å². The first-order valence-corrected chi connectivity index (χ1v) is 6.74. The fourth-order valence-corrected chi connectivity index (χ4v) is 2.10. The Bertz CT molecular complexity index is 392. The van der Waals surface area contributed by atoms with Crippen LogP contribution in [-0.2, 0) is 9.53 Å². The number of hydrogen-bond donors (Lipinski definition) is 1. The first kappa shape index (κ1) is 15.7. The van der Waals surface area contributed by atoms with Crippen LogP contribution in [0.25, 0.3) is 0 Å². The monoisotopic (exact) mass is 264 g/mol. The van der Waals surface area contributed by atoms with Crippen molar-refractivity contribution in [2.75, 3.05) is 6.61 Å². The van der Waals surface area contributed by atoms with Crippen molar-refractivity contribution in [1.29, 1.82) is 0 Å². The molecule has 0 unspecified atom stereocenters. The van der Waals surface area contributed by atoms with Gasteiger partial charge in [-0.3, -0.25) is 4.79 Å². The fourth-order valence-electron chi connectivity index (χ4n) is 2.10. The Hall–Kier alpha value is -1.35. The minimum absolute atomic E-state index is 0.0129. The number of aliphatic hydroxyl groups excluding tert-OH is 1. The highest BCUT2D eigenvalue weighted by Crippen LogP contribution is 2.29. The molecule has 1 rings (SSSR count). The lowest BCUT2D eigenvalue weighted by Crippen LogP contribution is -2.30. The van der Waals surface area contributed by atoms with Crippen molar-refractivity contribution in [3.63, 3.8) is 0 Å². The van der Waals surface area contributed by atoms with E-state index in [4.69, 9.17) is 4.74 Å². The van der Waals surface area contributed by atoms with Gasteiger partial charge in [-0.1, -0.05) is 37.3 Å². The van der Waals surface area contributed by atoms with Crippen LogP contribution in [0.15, 0.2) is 30.3 Å². The van der Waals surface area contributed by atoms with Crippen molar-refractivity contribution in [2.24, 2.45) is 5.92 Å². The minimum Gasteiger partial charge on any atom is -0.460 e. The average molecular weight is 264 g/mol. The zero-order valence-electron chi connectivity index (χ0n) is 12.2. The maximum absolute atomic E-state index is 12.1. The third-order valence-electron chi connectivity index (χ3n) is 3.05. The lowest BCUT2D eigenvalue weighted by atomic mass is 9.85. The fraction of sp³-hybridized carbons (Fsp3) is 0.562. The van der Waals surface area contributed by atoms with Crippen LogP contribution < -0.4 is 0 Å². The zero-order chi connectivity index (χ0) is 14.5. The summed E-state index contributed by atoms with van der Waals surface area (Å²) >= 11 is 0. The molecule has 0 aromatic heterocycles. The molecule has 1 aromatic carbocycles. The second-order valence-corrected chi connectivity index (χ2v) is 5.85. The van der Waals surface area contributed by atoms with E-state index in [9.17, 15) is 9.90 Å². The predicted molar refractivity (Wildman–Crippen MR) is 75.9 cm³/mol. The molecule has 3 heteroatoms. The van der Waals surface area contributed by atoms with Gasteiger partial charge < -0.3 is 9.84 Å². The Balaban J connectivity index is 2.85. The van der Waals surface area contributed by atoms with E-state index >= 15 is 0 Å². The Kier molecular flexibility index (Phi) is 5.55. The van der Waals surface area contributed by atoms with Crippen LogP contribution in [-0.4, -0.2) is 23.3 Å². The molecule has 0 saturated carbocycles. The summed E-state index contributed by atoms with van der Waals surface area (Å²) in [6.07, 6.45) is 0.560. The largest absolute Gasteiger partial charge is 0.460 e. The maximum Gasteiger partial charge on any atom is 0.309 e. The van der Waals surface area contributed by atoms with Gasteiger partial charge in [0.15, 0.2) is 0 Å². The van der Waals surface area contributed by atoms with Gasteiger partial charge in [-0.15, -0.1) is 0 Å². The van der Waals surface area contributed by atoms with E-state index in [0.29, 0.717) is 6.42 Å². The summed E-state index contributed by atoms with van der Waals surface area (Å²) in [5.74, 6) is -0.496. The molecule has 0 heterocycles. The molecule has 0 aliphatic rings. The van der Waals surface area contributed by atoms with Gasteiger partial charge in [0, 0.05) is 6.61 Å². The van der Waals surface area contributed by atoms with Gasteiger partial charge >= 0.3 is 5.97 Å². The molecule has 0 saturated heterocycles. The van der Waals surface area contributed by atoms with E-state index in [-0.39, 0.29) is 24.4 Å². The number of carbonyl (C=O) groups excluding carboxylic acids is 1. The first-order valence-electron chi connectivity index (χ1n) is 6.74. The van der Waals surface area contributed by atoms with Crippen LogP contribution in [0.5, 0.6) is 0 Å². The van der Waals surface area contributed by atoms with Crippen LogP contribution in [0, 0.1) is 5.92 Å². The van der Waals surface area contributed by atoms with Crippen molar-refractivity contribution < 1.29 is 14.6 Å². The molecule has 0 amide bonds. The number of carbonyl (C=O) groups is 1. The maximum atomic E-state index is 12.1. The summed E-state index contributed by atoms with van der Waals surface area (Å²) in [5.41, 5.74) is 0.584. The summed E-state index contributed by atoms with van der Waals surface area (Å²) in [5, 5.41) is 9.21. The SMILES string of the molecule is C[C@H](C(=O)OC(C)(C)C)[C@H](CCO)c1ccccc1. The second kappa shape index (κ2) is 6.71. The number of esters is 1. The molecular formula is C16H24O3. The normalized spacial score (nSPS) is 14.8. The molecule has 0 aliphatic heterocycles. The number of rotatable bonds is 5. The van der Waals surface area contributed by atoms with E-state index in [2.05, 4.69) is 0 Å². The van der Waals surface area contributed by atoms with E-state index < -0.39 is 5.60 Å². The molecular weight excluding hydrogens is 240 g/mol. The lowest BCUT2D eigenvalue weighted by molar-refractivity contribution is -0.160. The van der Waals surface area contributed by atoms with Gasteiger partial charge in [0.05, 0.1) is 5.92 Å². The van der Waals surface area contributed by atoms with E-state index in [1.54, 1.807) is 0 Å². The van der Waals surface area contributed by atoms with Crippen LogP contribution in [0.4, 0.5) is 0 Å². The Labute approximate surface area is 115 Å². The van der Waals surface area contributed by atoms with E-state index in [0.717, 1.165) is 5.56 Å². The molecule has 19 heavy (non-hydrogen) atoms. The number of hydrogen-bond acceptors (Lipinski definition) is 3. The summed E-state index contributed by atoms with van der Waals surface area (Å²) < 4.78 is 5.43. The molecule has 106 valence electrons. The number of aliphatic hydroxyl groups is 1. The highest BCUT2D eigenvalue weighted by Gasteiger charge is 2.29. The van der Waals surface area contributed by atoms with E-state index in [1.165, 1.54) is 0 Å². The standard InChI is InChI=1S/C16H24O3/c1-12(15(18)19-16(2,3)4)14(10-11-17)13-8-6-5-7-9-13/h5-9,12,14,17H,10-11H2,1-4H3/t12-,14-/m0/s1. The molecule has 0 radical (unpaired) electrons. The molecule has 1 N–H and O–H groups in total.